The minimum atomic E-state index is -0.0553. The van der Waals surface area contributed by atoms with Gasteiger partial charge in [0.25, 0.3) is 0 Å². The number of aromatic nitrogens is 1. The van der Waals surface area contributed by atoms with Gasteiger partial charge >= 0.3 is 0 Å². The van der Waals surface area contributed by atoms with E-state index in [0.717, 1.165) is 5.56 Å². The molecule has 3 nitrogen and oxygen atoms in total. The maximum Gasteiger partial charge on any atom is 0.0852 e. The van der Waals surface area contributed by atoms with Crippen molar-refractivity contribution < 1.29 is 0 Å². The Bertz CT molecular complexity index is 255. The first kappa shape index (κ1) is 7.88. The Morgan fingerprint density at radius 3 is 2.91 bits per heavy atom. The minimum absolute atomic E-state index is 0.0553. The van der Waals surface area contributed by atoms with Crippen LogP contribution in [0.15, 0.2) is 18.3 Å². The van der Waals surface area contributed by atoms with E-state index in [1.807, 2.05) is 19.1 Å². The zero-order valence-corrected chi connectivity index (χ0v) is 6.41. The van der Waals surface area contributed by atoms with Gasteiger partial charge in [0, 0.05) is 18.5 Å². The quantitative estimate of drug-likeness (QED) is 0.618. The average Bonchev–Trinajstić information content (AvgIpc) is 2.04. The fourth-order valence-corrected chi connectivity index (χ4v) is 0.936. The van der Waals surface area contributed by atoms with Crippen molar-refractivity contribution in [2.24, 2.45) is 5.73 Å². The fraction of sp³-hybridized carbons (Fsp3) is 0.250. The van der Waals surface area contributed by atoms with Gasteiger partial charge in [-0.1, -0.05) is 6.07 Å². The van der Waals surface area contributed by atoms with Crippen molar-refractivity contribution in [1.82, 2.24) is 4.98 Å². The third-order valence-electron chi connectivity index (χ3n) is 1.50. The maximum atomic E-state index is 7.03. The van der Waals surface area contributed by atoms with E-state index in [0.29, 0.717) is 5.69 Å². The van der Waals surface area contributed by atoms with Crippen LogP contribution in [0.1, 0.15) is 24.2 Å². The van der Waals surface area contributed by atoms with Crippen LogP contribution in [0.25, 0.3) is 0 Å². The Morgan fingerprint density at radius 1 is 1.73 bits per heavy atom. The summed E-state index contributed by atoms with van der Waals surface area (Å²) in [5.41, 5.74) is 7.22. The molecule has 0 aliphatic carbocycles. The summed E-state index contributed by atoms with van der Waals surface area (Å²) >= 11 is 0. The number of rotatable bonds is 2. The van der Waals surface area contributed by atoms with E-state index in [1.165, 1.54) is 6.21 Å². The van der Waals surface area contributed by atoms with Crippen LogP contribution in [-0.2, 0) is 0 Å². The van der Waals surface area contributed by atoms with Gasteiger partial charge in [0.1, 0.15) is 0 Å². The maximum absolute atomic E-state index is 7.03. The molecular weight excluding hydrogens is 138 g/mol. The highest BCUT2D eigenvalue weighted by Crippen LogP contribution is 2.10. The van der Waals surface area contributed by atoms with Crippen LogP contribution in [0, 0.1) is 5.41 Å². The first-order valence-corrected chi connectivity index (χ1v) is 3.46. The summed E-state index contributed by atoms with van der Waals surface area (Å²) in [6.07, 6.45) is 2.88. The van der Waals surface area contributed by atoms with Crippen LogP contribution < -0.4 is 5.73 Å². The van der Waals surface area contributed by atoms with Crippen molar-refractivity contribution in [3.8, 4) is 0 Å². The molecule has 0 radical (unpaired) electrons. The highest BCUT2D eigenvalue weighted by molar-refractivity contribution is 5.76. The number of nitrogens with one attached hydrogen (secondary N) is 1. The molecule has 0 spiro atoms. The third-order valence-corrected chi connectivity index (χ3v) is 1.50. The molecule has 0 aliphatic rings. The van der Waals surface area contributed by atoms with Crippen molar-refractivity contribution >= 4 is 6.21 Å². The molecular formula is C8H11N3. The Hall–Kier alpha value is -1.22. The van der Waals surface area contributed by atoms with E-state index in [2.05, 4.69) is 4.98 Å². The Kier molecular flexibility index (Phi) is 2.33. The van der Waals surface area contributed by atoms with E-state index in [-0.39, 0.29) is 6.04 Å². The minimum Gasteiger partial charge on any atom is -0.324 e. The molecule has 0 bridgehead atoms. The third kappa shape index (κ3) is 1.62. The van der Waals surface area contributed by atoms with Crippen molar-refractivity contribution in [1.29, 1.82) is 5.41 Å². The number of hydrogen-bond donors (Lipinski definition) is 2. The summed E-state index contributed by atoms with van der Waals surface area (Å²) in [5.74, 6) is 0. The number of pyridine rings is 1. The molecule has 3 N–H and O–H groups in total. The van der Waals surface area contributed by atoms with Gasteiger partial charge in [-0.3, -0.25) is 4.98 Å². The summed E-state index contributed by atoms with van der Waals surface area (Å²) in [6.45, 7) is 1.88. The molecule has 0 saturated carbocycles. The SMILES string of the molecule is CC(N)c1cccnc1C=N. The molecule has 1 atom stereocenters. The van der Waals surface area contributed by atoms with Crippen LogP contribution in [0.3, 0.4) is 0 Å². The van der Waals surface area contributed by atoms with E-state index in [9.17, 15) is 0 Å². The van der Waals surface area contributed by atoms with Crippen LogP contribution in [0.5, 0.6) is 0 Å². The molecule has 1 aromatic heterocycles. The smallest absolute Gasteiger partial charge is 0.0852 e. The monoisotopic (exact) mass is 149 g/mol. The summed E-state index contributed by atoms with van der Waals surface area (Å²) in [4.78, 5) is 4.00. The van der Waals surface area contributed by atoms with Gasteiger partial charge in [-0.05, 0) is 18.6 Å². The molecule has 3 heteroatoms. The lowest BCUT2D eigenvalue weighted by Crippen LogP contribution is -2.08. The van der Waals surface area contributed by atoms with Gasteiger partial charge in [-0.25, -0.2) is 0 Å². The number of nitrogens with zero attached hydrogens (tertiary/aromatic N) is 1. The molecule has 0 fully saturated rings. The first-order valence-electron chi connectivity index (χ1n) is 3.46. The molecule has 1 heterocycles. The van der Waals surface area contributed by atoms with E-state index in [1.54, 1.807) is 6.20 Å². The van der Waals surface area contributed by atoms with Gasteiger partial charge in [0.2, 0.25) is 0 Å². The van der Waals surface area contributed by atoms with Crippen molar-refractivity contribution in [2.45, 2.75) is 13.0 Å². The second-order valence-corrected chi connectivity index (χ2v) is 2.41. The second-order valence-electron chi connectivity index (χ2n) is 2.41. The van der Waals surface area contributed by atoms with Crippen LogP contribution in [0.2, 0.25) is 0 Å². The van der Waals surface area contributed by atoms with Gasteiger partial charge in [0.15, 0.2) is 0 Å². The number of nitrogens with two attached hydrogens (primary N) is 1. The predicted octanol–water partition coefficient (Wildman–Crippen LogP) is 1.10. The van der Waals surface area contributed by atoms with E-state index in [4.69, 9.17) is 11.1 Å². The lowest BCUT2D eigenvalue weighted by Gasteiger charge is -2.06. The topological polar surface area (TPSA) is 62.8 Å². The largest absolute Gasteiger partial charge is 0.324 e. The molecule has 58 valence electrons. The van der Waals surface area contributed by atoms with E-state index < -0.39 is 0 Å². The standard InChI is InChI=1S/C8H11N3/c1-6(10)7-3-2-4-11-8(7)5-9/h2-6,9H,10H2,1H3. The van der Waals surface area contributed by atoms with Gasteiger partial charge in [-0.15, -0.1) is 0 Å². The zero-order valence-electron chi connectivity index (χ0n) is 6.41. The van der Waals surface area contributed by atoms with Gasteiger partial charge in [0.05, 0.1) is 5.69 Å². The summed E-state index contributed by atoms with van der Waals surface area (Å²) in [7, 11) is 0. The number of hydrogen-bond acceptors (Lipinski definition) is 3. The molecule has 0 aromatic carbocycles. The highest BCUT2D eigenvalue weighted by Gasteiger charge is 2.03. The zero-order chi connectivity index (χ0) is 8.27. The first-order chi connectivity index (χ1) is 5.25. The molecule has 1 aromatic rings. The predicted molar refractivity (Wildman–Crippen MR) is 44.7 cm³/mol. The van der Waals surface area contributed by atoms with E-state index >= 15 is 0 Å². The Labute approximate surface area is 65.8 Å². The second kappa shape index (κ2) is 3.25. The lowest BCUT2D eigenvalue weighted by molar-refractivity contribution is 0.809. The molecule has 1 rings (SSSR count). The van der Waals surface area contributed by atoms with Crippen molar-refractivity contribution in [3.05, 3.63) is 29.6 Å². The molecule has 0 amide bonds. The van der Waals surface area contributed by atoms with Crippen molar-refractivity contribution in [2.75, 3.05) is 0 Å². The summed E-state index contributed by atoms with van der Waals surface area (Å²) < 4.78 is 0. The summed E-state index contributed by atoms with van der Waals surface area (Å²) in [5, 5.41) is 7.03. The van der Waals surface area contributed by atoms with Crippen LogP contribution in [-0.4, -0.2) is 11.2 Å². The Morgan fingerprint density at radius 2 is 2.45 bits per heavy atom. The average molecular weight is 149 g/mol. The van der Waals surface area contributed by atoms with Crippen LogP contribution >= 0.6 is 0 Å². The lowest BCUT2D eigenvalue weighted by atomic mass is 10.1. The summed E-state index contributed by atoms with van der Waals surface area (Å²) in [6, 6.07) is 3.66. The van der Waals surface area contributed by atoms with Crippen molar-refractivity contribution in [3.63, 3.8) is 0 Å². The molecule has 11 heavy (non-hydrogen) atoms. The highest BCUT2D eigenvalue weighted by atomic mass is 14.7. The van der Waals surface area contributed by atoms with Gasteiger partial charge in [-0.2, -0.15) is 0 Å². The molecule has 0 saturated heterocycles. The van der Waals surface area contributed by atoms with Gasteiger partial charge < -0.3 is 11.1 Å². The fourth-order valence-electron chi connectivity index (χ4n) is 0.936. The molecule has 0 aliphatic heterocycles. The Balaban J connectivity index is 3.12. The normalized spacial score (nSPS) is 12.5. The molecule has 1 unspecified atom stereocenters. The van der Waals surface area contributed by atoms with Crippen LogP contribution in [0.4, 0.5) is 0 Å².